The van der Waals surface area contributed by atoms with Gasteiger partial charge in [-0.25, -0.2) is 9.59 Å². The first kappa shape index (κ1) is 20.5. The summed E-state index contributed by atoms with van der Waals surface area (Å²) in [6.45, 7) is 6.53. The lowest BCUT2D eigenvalue weighted by atomic mass is 9.96. The van der Waals surface area contributed by atoms with Crippen LogP contribution in [0.4, 0.5) is 4.79 Å². The van der Waals surface area contributed by atoms with Gasteiger partial charge in [0.25, 0.3) is 0 Å². The predicted molar refractivity (Wildman–Crippen MR) is 92.9 cm³/mol. The molecular formula is C18H26N2O5. The van der Waals surface area contributed by atoms with Crippen molar-refractivity contribution in [3.63, 3.8) is 0 Å². The zero-order valence-corrected chi connectivity index (χ0v) is 15.0. The number of carboxylic acid groups (broad SMARTS) is 1. The molecule has 0 spiro atoms. The highest BCUT2D eigenvalue weighted by molar-refractivity contribution is 5.91. The van der Waals surface area contributed by atoms with Gasteiger partial charge in [0.05, 0.1) is 0 Å². The Balaban J connectivity index is 2.70. The summed E-state index contributed by atoms with van der Waals surface area (Å²) in [5.41, 5.74) is -0.604. The number of carbonyl (C=O) groups excluding carboxylic acids is 2. The molecule has 0 saturated carbocycles. The van der Waals surface area contributed by atoms with Crippen molar-refractivity contribution in [3.8, 4) is 0 Å². The van der Waals surface area contributed by atoms with Gasteiger partial charge in [0.2, 0.25) is 5.91 Å². The molecule has 138 valence electrons. The summed E-state index contributed by atoms with van der Waals surface area (Å²) < 4.78 is 5.13. The van der Waals surface area contributed by atoms with Crippen LogP contribution in [0.2, 0.25) is 0 Å². The van der Waals surface area contributed by atoms with Gasteiger partial charge in [-0.2, -0.15) is 0 Å². The average Bonchev–Trinajstić information content (AvgIpc) is 2.57. The number of ether oxygens (including phenoxy) is 1. The topological polar surface area (TPSA) is 105 Å². The maximum atomic E-state index is 12.4. The minimum atomic E-state index is -1.43. The molecule has 1 aromatic rings. The summed E-state index contributed by atoms with van der Waals surface area (Å²) in [7, 11) is 0. The van der Waals surface area contributed by atoms with Crippen molar-refractivity contribution in [2.45, 2.75) is 52.3 Å². The molecule has 25 heavy (non-hydrogen) atoms. The Kier molecular flexibility index (Phi) is 7.42. The van der Waals surface area contributed by atoms with E-state index < -0.39 is 29.6 Å². The molecule has 0 radical (unpaired) electrons. The fraction of sp³-hybridized carbons (Fsp3) is 0.500. The molecule has 0 aliphatic rings. The number of carboxylic acids is 1. The molecule has 2 atom stereocenters. The van der Waals surface area contributed by atoms with E-state index >= 15 is 0 Å². The maximum Gasteiger partial charge on any atom is 0.408 e. The fourth-order valence-corrected chi connectivity index (χ4v) is 2.03. The van der Waals surface area contributed by atoms with Crippen LogP contribution in [0.15, 0.2) is 30.3 Å². The first-order chi connectivity index (χ1) is 11.7. The van der Waals surface area contributed by atoms with Crippen LogP contribution < -0.4 is 10.6 Å². The number of nitrogens with one attached hydrogen (secondary N) is 2. The molecule has 0 aliphatic heterocycles. The highest BCUT2D eigenvalue weighted by atomic mass is 16.5. The molecule has 0 aliphatic carbocycles. The molecule has 0 saturated heterocycles. The number of aliphatic carboxylic acids is 1. The molecule has 0 fully saturated rings. The fourth-order valence-electron chi connectivity index (χ4n) is 2.03. The van der Waals surface area contributed by atoms with Gasteiger partial charge in [-0.1, -0.05) is 50.6 Å². The molecule has 0 bridgehead atoms. The van der Waals surface area contributed by atoms with Gasteiger partial charge >= 0.3 is 12.1 Å². The Morgan fingerprint density at radius 3 is 2.32 bits per heavy atom. The summed E-state index contributed by atoms with van der Waals surface area (Å²) in [5.74, 6) is -1.90. The molecule has 1 aromatic carbocycles. The molecule has 7 nitrogen and oxygen atoms in total. The second-order valence-electron chi connectivity index (χ2n) is 6.49. The van der Waals surface area contributed by atoms with Crippen LogP contribution >= 0.6 is 0 Å². The van der Waals surface area contributed by atoms with Gasteiger partial charge in [-0.05, 0) is 25.3 Å². The van der Waals surface area contributed by atoms with Crippen LogP contribution in [-0.2, 0) is 20.9 Å². The van der Waals surface area contributed by atoms with E-state index in [9.17, 15) is 14.4 Å². The SMILES string of the molecule is CC[C@H](C)[C@H](NC(=O)OCc1ccccc1)C(=O)NC(C)(C)C(=O)O. The van der Waals surface area contributed by atoms with Gasteiger partial charge in [0.1, 0.15) is 18.2 Å². The second-order valence-corrected chi connectivity index (χ2v) is 6.49. The van der Waals surface area contributed by atoms with Gasteiger partial charge in [-0.15, -0.1) is 0 Å². The minimum Gasteiger partial charge on any atom is -0.480 e. The second kappa shape index (κ2) is 9.05. The first-order valence-corrected chi connectivity index (χ1v) is 8.20. The van der Waals surface area contributed by atoms with Gasteiger partial charge in [0, 0.05) is 0 Å². The van der Waals surface area contributed by atoms with E-state index in [0.717, 1.165) is 5.56 Å². The van der Waals surface area contributed by atoms with Crippen LogP contribution in [0.3, 0.4) is 0 Å². The summed E-state index contributed by atoms with van der Waals surface area (Å²) in [5, 5.41) is 14.1. The molecule has 3 N–H and O–H groups in total. The third-order valence-electron chi connectivity index (χ3n) is 3.95. The van der Waals surface area contributed by atoms with Crippen molar-refractivity contribution in [3.05, 3.63) is 35.9 Å². The van der Waals surface area contributed by atoms with Gasteiger partial charge < -0.3 is 20.5 Å². The van der Waals surface area contributed by atoms with Crippen molar-refractivity contribution < 1.29 is 24.2 Å². The highest BCUT2D eigenvalue weighted by Crippen LogP contribution is 2.11. The average molecular weight is 350 g/mol. The molecule has 2 amide bonds. The quantitative estimate of drug-likeness (QED) is 0.667. The third kappa shape index (κ3) is 6.45. The van der Waals surface area contributed by atoms with E-state index in [2.05, 4.69) is 10.6 Å². The van der Waals surface area contributed by atoms with Crippen LogP contribution in [0.5, 0.6) is 0 Å². The van der Waals surface area contributed by atoms with E-state index in [1.807, 2.05) is 37.3 Å². The molecule has 0 aromatic heterocycles. The lowest BCUT2D eigenvalue weighted by Crippen LogP contribution is -2.58. The Hall–Kier alpha value is -2.57. The highest BCUT2D eigenvalue weighted by Gasteiger charge is 2.34. The standard InChI is InChI=1S/C18H26N2O5/c1-5-12(2)14(15(21)20-18(3,4)16(22)23)19-17(24)25-11-13-9-7-6-8-10-13/h6-10,12,14H,5,11H2,1-4H3,(H,19,24)(H,20,21)(H,22,23)/t12-,14-/m0/s1. The van der Waals surface area contributed by atoms with E-state index in [1.54, 1.807) is 6.92 Å². The Morgan fingerprint density at radius 1 is 1.20 bits per heavy atom. The lowest BCUT2D eigenvalue weighted by Gasteiger charge is -2.28. The normalized spacial score (nSPS) is 13.4. The molecule has 0 heterocycles. The van der Waals surface area contributed by atoms with Crippen LogP contribution in [0.25, 0.3) is 0 Å². The molecule has 7 heteroatoms. The summed E-state index contributed by atoms with van der Waals surface area (Å²) in [6, 6.07) is 8.28. The lowest BCUT2D eigenvalue weighted by molar-refractivity contribution is -0.146. The van der Waals surface area contributed by atoms with Crippen molar-refractivity contribution in [2.24, 2.45) is 5.92 Å². The van der Waals surface area contributed by atoms with Gasteiger partial charge in [-0.3, -0.25) is 4.79 Å². The summed E-state index contributed by atoms with van der Waals surface area (Å²) in [6.07, 6.45) is -0.0951. The van der Waals surface area contributed by atoms with E-state index in [1.165, 1.54) is 13.8 Å². The van der Waals surface area contributed by atoms with Crippen LogP contribution in [-0.4, -0.2) is 34.7 Å². The zero-order chi connectivity index (χ0) is 19.0. The largest absolute Gasteiger partial charge is 0.480 e. The molecule has 1 rings (SSSR count). The summed E-state index contributed by atoms with van der Waals surface area (Å²) in [4.78, 5) is 35.6. The predicted octanol–water partition coefficient (Wildman–Crippen LogP) is 2.31. The van der Waals surface area contributed by atoms with Gasteiger partial charge in [0.15, 0.2) is 0 Å². The number of benzene rings is 1. The Bertz CT molecular complexity index is 601. The van der Waals surface area contributed by atoms with Crippen molar-refractivity contribution in [2.75, 3.05) is 0 Å². The van der Waals surface area contributed by atoms with Crippen molar-refractivity contribution in [1.82, 2.24) is 10.6 Å². The number of amides is 2. The molecular weight excluding hydrogens is 324 g/mol. The Morgan fingerprint density at radius 2 is 1.80 bits per heavy atom. The zero-order valence-electron chi connectivity index (χ0n) is 15.0. The van der Waals surface area contributed by atoms with Crippen molar-refractivity contribution >= 4 is 18.0 Å². The minimum absolute atomic E-state index is 0.0855. The smallest absolute Gasteiger partial charge is 0.408 e. The summed E-state index contributed by atoms with van der Waals surface area (Å²) >= 11 is 0. The number of carbonyl (C=O) groups is 3. The monoisotopic (exact) mass is 350 g/mol. The van der Waals surface area contributed by atoms with E-state index in [-0.39, 0.29) is 12.5 Å². The number of hydrogen-bond acceptors (Lipinski definition) is 4. The van der Waals surface area contributed by atoms with Crippen molar-refractivity contribution in [1.29, 1.82) is 0 Å². The van der Waals surface area contributed by atoms with Crippen LogP contribution in [0.1, 0.15) is 39.7 Å². The Labute approximate surface area is 147 Å². The molecule has 0 unspecified atom stereocenters. The number of alkyl carbamates (subject to hydrolysis) is 1. The maximum absolute atomic E-state index is 12.4. The van der Waals surface area contributed by atoms with E-state index in [0.29, 0.717) is 6.42 Å². The number of rotatable bonds is 8. The number of hydrogen-bond donors (Lipinski definition) is 3. The first-order valence-electron chi connectivity index (χ1n) is 8.20. The van der Waals surface area contributed by atoms with Crippen LogP contribution in [0, 0.1) is 5.92 Å². The third-order valence-corrected chi connectivity index (χ3v) is 3.95. The van der Waals surface area contributed by atoms with E-state index in [4.69, 9.17) is 9.84 Å².